The number of rotatable bonds is 3. The number of benzene rings is 1. The molecular formula is C13H14BrClF2N2O2. The minimum absolute atomic E-state index is 0. The molecule has 0 saturated carbocycles. The van der Waals surface area contributed by atoms with Crippen LogP contribution in [0.2, 0.25) is 0 Å². The van der Waals surface area contributed by atoms with Crippen LogP contribution < -0.4 is 14.8 Å². The predicted molar refractivity (Wildman–Crippen MR) is 79.5 cm³/mol. The summed E-state index contributed by atoms with van der Waals surface area (Å²) in [5.41, 5.74) is 0.152. The van der Waals surface area contributed by atoms with Gasteiger partial charge in [0.05, 0.1) is 13.7 Å². The molecule has 21 heavy (non-hydrogen) atoms. The zero-order chi connectivity index (χ0) is 14.8. The van der Waals surface area contributed by atoms with E-state index < -0.39 is 18.6 Å². The molecule has 1 unspecified atom stereocenters. The Morgan fingerprint density at radius 1 is 1.48 bits per heavy atom. The molecule has 0 radical (unpaired) electrons. The van der Waals surface area contributed by atoms with Crippen molar-refractivity contribution in [2.24, 2.45) is 0 Å². The Hall–Kier alpha value is -1.10. The molecule has 116 valence electrons. The molecule has 1 aliphatic heterocycles. The molecule has 1 N–H and O–H groups in total. The second-order valence-corrected chi connectivity index (χ2v) is 5.25. The number of alkyl halides is 2. The average Bonchev–Trinajstić information content (AvgIpc) is 2.41. The van der Waals surface area contributed by atoms with Crippen molar-refractivity contribution in [3.8, 4) is 17.6 Å². The van der Waals surface area contributed by atoms with Gasteiger partial charge in [0, 0.05) is 10.9 Å². The van der Waals surface area contributed by atoms with Crippen LogP contribution in [0.15, 0.2) is 16.6 Å². The van der Waals surface area contributed by atoms with Crippen LogP contribution >= 0.6 is 28.3 Å². The minimum atomic E-state index is -2.99. The van der Waals surface area contributed by atoms with Gasteiger partial charge in [-0.25, -0.2) is 8.78 Å². The van der Waals surface area contributed by atoms with Crippen molar-refractivity contribution in [1.29, 1.82) is 5.26 Å². The Bertz CT molecular complexity index is 552. The third kappa shape index (κ3) is 3.76. The lowest BCUT2D eigenvalue weighted by molar-refractivity contribution is -0.109. The van der Waals surface area contributed by atoms with Gasteiger partial charge in [-0.2, -0.15) is 5.26 Å². The fourth-order valence-electron chi connectivity index (χ4n) is 2.02. The van der Waals surface area contributed by atoms with Crippen LogP contribution in [0.4, 0.5) is 8.78 Å². The number of hydrogen-bond acceptors (Lipinski definition) is 4. The highest BCUT2D eigenvalue weighted by atomic mass is 79.9. The summed E-state index contributed by atoms with van der Waals surface area (Å²) in [6.45, 7) is 0.00827. The standard InChI is InChI=1S/C13H13BrF2N2O2.ClH/c1-19-10-3-2-9(14)8(6-17)12(10)20-11-4-5-18-7-13(11,15)16;/h2-3,11,18H,4-5,7H2,1H3;1H. The quantitative estimate of drug-likeness (QED) is 0.871. The van der Waals surface area contributed by atoms with Crippen molar-refractivity contribution < 1.29 is 18.3 Å². The molecule has 1 atom stereocenters. The van der Waals surface area contributed by atoms with Gasteiger partial charge in [0.15, 0.2) is 17.6 Å². The van der Waals surface area contributed by atoms with Crippen LogP contribution in [0.1, 0.15) is 12.0 Å². The van der Waals surface area contributed by atoms with Crippen LogP contribution in [-0.2, 0) is 0 Å². The summed E-state index contributed by atoms with van der Waals surface area (Å²) in [5.74, 6) is -2.67. The van der Waals surface area contributed by atoms with Gasteiger partial charge < -0.3 is 14.8 Å². The molecule has 0 bridgehead atoms. The number of nitrogens with zero attached hydrogens (tertiary/aromatic N) is 1. The lowest BCUT2D eigenvalue weighted by Gasteiger charge is -2.32. The molecule has 0 amide bonds. The highest BCUT2D eigenvalue weighted by Gasteiger charge is 2.44. The largest absolute Gasteiger partial charge is 0.493 e. The molecule has 0 aliphatic carbocycles. The van der Waals surface area contributed by atoms with Crippen LogP contribution in [0, 0.1) is 11.3 Å². The van der Waals surface area contributed by atoms with E-state index in [4.69, 9.17) is 14.7 Å². The molecule has 0 aromatic heterocycles. The Balaban J connectivity index is 0.00000220. The monoisotopic (exact) mass is 382 g/mol. The summed E-state index contributed by atoms with van der Waals surface area (Å²) < 4.78 is 38.6. The van der Waals surface area contributed by atoms with Gasteiger partial charge in [-0.3, -0.25) is 0 Å². The van der Waals surface area contributed by atoms with E-state index in [2.05, 4.69) is 21.2 Å². The summed E-state index contributed by atoms with van der Waals surface area (Å²) in [7, 11) is 1.40. The zero-order valence-corrected chi connectivity index (χ0v) is 13.6. The van der Waals surface area contributed by atoms with Crippen molar-refractivity contribution >= 4 is 28.3 Å². The number of piperidine rings is 1. The zero-order valence-electron chi connectivity index (χ0n) is 11.2. The lowest BCUT2D eigenvalue weighted by atomic mass is 10.1. The highest BCUT2D eigenvalue weighted by molar-refractivity contribution is 9.10. The van der Waals surface area contributed by atoms with Gasteiger partial charge in [0.25, 0.3) is 5.92 Å². The third-order valence-corrected chi connectivity index (χ3v) is 3.74. The molecule has 1 saturated heterocycles. The van der Waals surface area contributed by atoms with E-state index in [9.17, 15) is 8.78 Å². The van der Waals surface area contributed by atoms with Crippen molar-refractivity contribution in [2.45, 2.75) is 18.4 Å². The van der Waals surface area contributed by atoms with E-state index >= 15 is 0 Å². The lowest BCUT2D eigenvalue weighted by Crippen LogP contribution is -2.52. The number of nitriles is 1. The maximum Gasteiger partial charge on any atom is 0.296 e. The second-order valence-electron chi connectivity index (χ2n) is 4.40. The number of halogens is 4. The first-order valence-corrected chi connectivity index (χ1v) is 6.80. The first-order chi connectivity index (χ1) is 9.49. The van der Waals surface area contributed by atoms with Gasteiger partial charge >= 0.3 is 0 Å². The number of nitrogens with one attached hydrogen (secondary N) is 1. The average molecular weight is 384 g/mol. The maximum absolute atomic E-state index is 13.8. The highest BCUT2D eigenvalue weighted by Crippen LogP contribution is 2.38. The van der Waals surface area contributed by atoms with Crippen LogP contribution in [0.25, 0.3) is 0 Å². The molecule has 1 aromatic rings. The van der Waals surface area contributed by atoms with E-state index in [-0.39, 0.29) is 35.9 Å². The normalized spacial score (nSPS) is 20.0. The maximum atomic E-state index is 13.8. The topological polar surface area (TPSA) is 54.3 Å². The Morgan fingerprint density at radius 3 is 2.76 bits per heavy atom. The Labute approximate surface area is 136 Å². The second kappa shape index (κ2) is 7.25. The van der Waals surface area contributed by atoms with Gasteiger partial charge in [0.2, 0.25) is 0 Å². The first-order valence-electron chi connectivity index (χ1n) is 6.01. The smallest absolute Gasteiger partial charge is 0.296 e. The summed E-state index contributed by atoms with van der Waals surface area (Å²) in [5, 5.41) is 11.8. The molecule has 1 aromatic carbocycles. The number of methoxy groups -OCH3 is 1. The SMILES string of the molecule is COc1ccc(Br)c(C#N)c1OC1CCNCC1(F)F.Cl. The molecule has 4 nitrogen and oxygen atoms in total. The summed E-state index contributed by atoms with van der Waals surface area (Å²) in [6, 6.07) is 5.13. The summed E-state index contributed by atoms with van der Waals surface area (Å²) in [6.07, 6.45) is -1.12. The summed E-state index contributed by atoms with van der Waals surface area (Å²) in [4.78, 5) is 0. The summed E-state index contributed by atoms with van der Waals surface area (Å²) >= 11 is 3.21. The molecule has 1 aliphatic rings. The van der Waals surface area contributed by atoms with Gasteiger partial charge in [-0.15, -0.1) is 12.4 Å². The van der Waals surface area contributed by atoms with Gasteiger partial charge in [-0.05, 0) is 34.6 Å². The predicted octanol–water partition coefficient (Wildman–Crippen LogP) is 3.13. The van der Waals surface area contributed by atoms with Crippen molar-refractivity contribution in [1.82, 2.24) is 5.32 Å². The van der Waals surface area contributed by atoms with Gasteiger partial charge in [-0.1, -0.05) is 0 Å². The molecule has 1 heterocycles. The van der Waals surface area contributed by atoms with E-state index in [0.717, 1.165) is 0 Å². The van der Waals surface area contributed by atoms with Crippen LogP contribution in [0.5, 0.6) is 11.5 Å². The van der Waals surface area contributed by atoms with E-state index in [0.29, 0.717) is 11.0 Å². The Kier molecular flexibility index (Phi) is 6.20. The van der Waals surface area contributed by atoms with Crippen molar-refractivity contribution in [3.05, 3.63) is 22.2 Å². The van der Waals surface area contributed by atoms with E-state index in [1.54, 1.807) is 12.1 Å². The minimum Gasteiger partial charge on any atom is -0.493 e. The van der Waals surface area contributed by atoms with Crippen LogP contribution in [-0.4, -0.2) is 32.2 Å². The number of ether oxygens (including phenoxy) is 2. The van der Waals surface area contributed by atoms with Gasteiger partial charge in [0.1, 0.15) is 11.6 Å². The van der Waals surface area contributed by atoms with Crippen LogP contribution in [0.3, 0.4) is 0 Å². The first kappa shape index (κ1) is 18.0. The molecule has 1 fully saturated rings. The van der Waals surface area contributed by atoms with Crippen molar-refractivity contribution in [2.75, 3.05) is 20.2 Å². The fourth-order valence-corrected chi connectivity index (χ4v) is 2.42. The molecule has 2 rings (SSSR count). The van der Waals surface area contributed by atoms with Crippen molar-refractivity contribution in [3.63, 3.8) is 0 Å². The number of hydrogen-bond donors (Lipinski definition) is 1. The molecule has 0 spiro atoms. The fraction of sp³-hybridized carbons (Fsp3) is 0.462. The molecule has 8 heteroatoms. The van der Waals surface area contributed by atoms with E-state index in [1.165, 1.54) is 7.11 Å². The Morgan fingerprint density at radius 2 is 2.19 bits per heavy atom. The third-order valence-electron chi connectivity index (χ3n) is 3.08. The van der Waals surface area contributed by atoms with E-state index in [1.807, 2.05) is 6.07 Å². The molecular weight excluding hydrogens is 370 g/mol.